The fourth-order valence-corrected chi connectivity index (χ4v) is 3.04. The molecule has 1 fully saturated rings. The SMILES string of the molecule is C#Cc1ccc(CC(=O)N(Cc2ccnc(C(F)(F)F)c2)C2CCC2)cc1. The maximum Gasteiger partial charge on any atom is 0.433 e. The quantitative estimate of drug-likeness (QED) is 0.737. The van der Waals surface area contributed by atoms with Crippen molar-refractivity contribution in [3.63, 3.8) is 0 Å². The molecule has 1 saturated carbocycles. The molecule has 0 saturated heterocycles. The molecule has 1 aliphatic rings. The van der Waals surface area contributed by atoms with E-state index >= 15 is 0 Å². The molecule has 1 heterocycles. The van der Waals surface area contributed by atoms with Gasteiger partial charge in [-0.3, -0.25) is 9.78 Å². The Bertz CT molecular complexity index is 849. The zero-order valence-corrected chi connectivity index (χ0v) is 14.7. The topological polar surface area (TPSA) is 33.2 Å². The molecule has 0 bridgehead atoms. The third kappa shape index (κ3) is 4.68. The highest BCUT2D eigenvalue weighted by molar-refractivity contribution is 5.79. The maximum absolute atomic E-state index is 12.9. The van der Waals surface area contributed by atoms with Crippen molar-refractivity contribution in [2.75, 3.05) is 0 Å². The van der Waals surface area contributed by atoms with Crippen molar-refractivity contribution in [1.82, 2.24) is 9.88 Å². The summed E-state index contributed by atoms with van der Waals surface area (Å²) in [5.41, 5.74) is 1.05. The predicted molar refractivity (Wildman–Crippen MR) is 95.5 cm³/mol. The summed E-state index contributed by atoms with van der Waals surface area (Å²) in [6.07, 6.45) is 4.94. The van der Waals surface area contributed by atoms with E-state index in [1.54, 1.807) is 29.2 Å². The van der Waals surface area contributed by atoms with Gasteiger partial charge in [-0.2, -0.15) is 13.2 Å². The Morgan fingerprint density at radius 2 is 1.89 bits per heavy atom. The van der Waals surface area contributed by atoms with Gasteiger partial charge in [-0.1, -0.05) is 18.1 Å². The molecule has 0 unspecified atom stereocenters. The molecular weight excluding hydrogens is 353 g/mol. The number of nitrogens with zero attached hydrogens (tertiary/aromatic N) is 2. The van der Waals surface area contributed by atoms with Gasteiger partial charge in [0.2, 0.25) is 5.91 Å². The predicted octanol–water partition coefficient (Wildman–Crippen LogP) is 4.21. The van der Waals surface area contributed by atoms with Crippen molar-refractivity contribution in [2.45, 2.75) is 44.4 Å². The van der Waals surface area contributed by atoms with Gasteiger partial charge in [0, 0.05) is 24.3 Å². The number of hydrogen-bond donors (Lipinski definition) is 0. The molecule has 0 N–H and O–H groups in total. The van der Waals surface area contributed by atoms with Crippen LogP contribution in [-0.4, -0.2) is 21.8 Å². The van der Waals surface area contributed by atoms with Crippen molar-refractivity contribution < 1.29 is 18.0 Å². The standard InChI is InChI=1S/C21H19F3N2O/c1-2-15-6-8-16(9-7-15)13-20(27)26(18-4-3-5-18)14-17-10-11-25-19(12-17)21(22,23)24/h1,6-12,18H,3-5,13-14H2. The number of pyridine rings is 1. The van der Waals surface area contributed by atoms with Gasteiger partial charge >= 0.3 is 6.18 Å². The van der Waals surface area contributed by atoms with Crippen LogP contribution in [0.5, 0.6) is 0 Å². The Morgan fingerprint density at radius 3 is 2.44 bits per heavy atom. The molecule has 0 radical (unpaired) electrons. The van der Waals surface area contributed by atoms with Crippen LogP contribution in [0.1, 0.15) is 41.6 Å². The van der Waals surface area contributed by atoms with Crippen LogP contribution in [0.25, 0.3) is 0 Å². The number of terminal acetylenes is 1. The van der Waals surface area contributed by atoms with Crippen LogP contribution in [0.3, 0.4) is 0 Å². The lowest BCUT2D eigenvalue weighted by Crippen LogP contribution is -2.44. The number of carbonyl (C=O) groups excluding carboxylic acids is 1. The highest BCUT2D eigenvalue weighted by atomic mass is 19.4. The van der Waals surface area contributed by atoms with E-state index in [2.05, 4.69) is 10.9 Å². The average molecular weight is 372 g/mol. The molecule has 6 heteroatoms. The number of halogens is 3. The molecule has 0 aliphatic heterocycles. The molecule has 0 atom stereocenters. The van der Waals surface area contributed by atoms with Gasteiger partial charge in [0.1, 0.15) is 5.69 Å². The summed E-state index contributed by atoms with van der Waals surface area (Å²) in [4.78, 5) is 17.9. The summed E-state index contributed by atoms with van der Waals surface area (Å²) in [6, 6.07) is 9.77. The molecule has 3 nitrogen and oxygen atoms in total. The minimum Gasteiger partial charge on any atom is -0.335 e. The molecule has 2 aromatic rings. The molecule has 140 valence electrons. The van der Waals surface area contributed by atoms with E-state index in [9.17, 15) is 18.0 Å². The van der Waals surface area contributed by atoms with Crippen LogP contribution in [0.4, 0.5) is 13.2 Å². The van der Waals surface area contributed by atoms with Gasteiger partial charge in [-0.25, -0.2) is 0 Å². The highest BCUT2D eigenvalue weighted by Gasteiger charge is 2.33. The van der Waals surface area contributed by atoms with Gasteiger partial charge in [0.25, 0.3) is 0 Å². The Labute approximate surface area is 156 Å². The smallest absolute Gasteiger partial charge is 0.335 e. The Hall–Kier alpha value is -2.81. The van der Waals surface area contributed by atoms with E-state index in [0.29, 0.717) is 5.56 Å². The summed E-state index contributed by atoms with van der Waals surface area (Å²) >= 11 is 0. The van der Waals surface area contributed by atoms with E-state index in [1.807, 2.05) is 0 Å². The minimum absolute atomic E-state index is 0.0741. The van der Waals surface area contributed by atoms with Crippen LogP contribution in [-0.2, 0) is 23.9 Å². The summed E-state index contributed by atoms with van der Waals surface area (Å²) < 4.78 is 38.7. The van der Waals surface area contributed by atoms with Crippen molar-refractivity contribution in [1.29, 1.82) is 0 Å². The Kier molecular flexibility index (Phi) is 5.50. The molecular formula is C21H19F3N2O. The van der Waals surface area contributed by atoms with E-state index in [1.165, 1.54) is 6.07 Å². The fourth-order valence-electron chi connectivity index (χ4n) is 3.04. The average Bonchev–Trinajstić information content (AvgIpc) is 2.60. The van der Waals surface area contributed by atoms with Gasteiger partial charge in [-0.05, 0) is 54.7 Å². The summed E-state index contributed by atoms with van der Waals surface area (Å²) in [5.74, 6) is 2.43. The van der Waals surface area contributed by atoms with Crippen molar-refractivity contribution in [3.8, 4) is 12.3 Å². The third-order valence-corrected chi connectivity index (χ3v) is 4.78. The molecule has 1 aromatic carbocycles. The summed E-state index contributed by atoms with van der Waals surface area (Å²) in [5, 5.41) is 0. The van der Waals surface area contributed by atoms with Gasteiger partial charge in [-0.15, -0.1) is 6.42 Å². The lowest BCUT2D eigenvalue weighted by molar-refractivity contribution is -0.141. The summed E-state index contributed by atoms with van der Waals surface area (Å²) in [7, 11) is 0. The zero-order chi connectivity index (χ0) is 19.4. The molecule has 1 aromatic heterocycles. The Balaban J connectivity index is 1.76. The second-order valence-corrected chi connectivity index (χ2v) is 6.67. The number of alkyl halides is 3. The molecule has 3 rings (SSSR count). The lowest BCUT2D eigenvalue weighted by Gasteiger charge is -2.38. The largest absolute Gasteiger partial charge is 0.433 e. The lowest BCUT2D eigenvalue weighted by atomic mass is 9.90. The molecule has 0 spiro atoms. The number of rotatable bonds is 5. The maximum atomic E-state index is 12.9. The van der Waals surface area contributed by atoms with Crippen LogP contribution < -0.4 is 0 Å². The van der Waals surface area contributed by atoms with Crippen molar-refractivity contribution in [3.05, 3.63) is 65.0 Å². The number of amides is 1. The van der Waals surface area contributed by atoms with Crippen LogP contribution in [0, 0.1) is 12.3 Å². The third-order valence-electron chi connectivity index (χ3n) is 4.78. The molecule has 27 heavy (non-hydrogen) atoms. The van der Waals surface area contributed by atoms with Crippen molar-refractivity contribution in [2.24, 2.45) is 0 Å². The minimum atomic E-state index is -4.50. The van der Waals surface area contributed by atoms with E-state index < -0.39 is 11.9 Å². The van der Waals surface area contributed by atoms with Crippen molar-refractivity contribution >= 4 is 5.91 Å². The van der Waals surface area contributed by atoms with Gasteiger partial charge in [0.15, 0.2) is 0 Å². The fraction of sp³-hybridized carbons (Fsp3) is 0.333. The number of carbonyl (C=O) groups is 1. The first-order valence-corrected chi connectivity index (χ1v) is 8.74. The first kappa shape index (κ1) is 19.0. The van der Waals surface area contributed by atoms with Crippen LogP contribution in [0.15, 0.2) is 42.6 Å². The van der Waals surface area contributed by atoms with Gasteiger partial charge < -0.3 is 4.90 Å². The first-order valence-electron chi connectivity index (χ1n) is 8.74. The van der Waals surface area contributed by atoms with Crippen LogP contribution >= 0.6 is 0 Å². The van der Waals surface area contributed by atoms with Crippen LogP contribution in [0.2, 0.25) is 0 Å². The normalized spacial score (nSPS) is 14.3. The first-order chi connectivity index (χ1) is 12.9. The van der Waals surface area contributed by atoms with E-state index in [0.717, 1.165) is 42.7 Å². The second-order valence-electron chi connectivity index (χ2n) is 6.67. The Morgan fingerprint density at radius 1 is 1.19 bits per heavy atom. The number of benzene rings is 1. The second kappa shape index (κ2) is 7.83. The highest BCUT2D eigenvalue weighted by Crippen LogP contribution is 2.30. The molecule has 1 amide bonds. The monoisotopic (exact) mass is 372 g/mol. The molecule has 1 aliphatic carbocycles. The van der Waals surface area contributed by atoms with E-state index in [-0.39, 0.29) is 24.9 Å². The number of hydrogen-bond acceptors (Lipinski definition) is 2. The zero-order valence-electron chi connectivity index (χ0n) is 14.7. The van der Waals surface area contributed by atoms with Gasteiger partial charge in [0.05, 0.1) is 6.42 Å². The van der Waals surface area contributed by atoms with E-state index in [4.69, 9.17) is 6.42 Å². The summed E-state index contributed by atoms with van der Waals surface area (Å²) in [6.45, 7) is 0.150. The number of aromatic nitrogens is 1.